The van der Waals surface area contributed by atoms with Crippen LogP contribution < -0.4 is 16.2 Å². The zero-order valence-corrected chi connectivity index (χ0v) is 10.3. The topological polar surface area (TPSA) is 75.0 Å². The number of H-pyrrole nitrogens is 1. The summed E-state index contributed by atoms with van der Waals surface area (Å²) < 4.78 is 0. The molecular formula is C10H17ClN4O. The van der Waals surface area contributed by atoms with E-state index in [1.807, 2.05) is 4.90 Å². The van der Waals surface area contributed by atoms with Crippen LogP contribution in [-0.4, -0.2) is 29.6 Å². The van der Waals surface area contributed by atoms with Gasteiger partial charge in [-0.05, 0) is 5.92 Å². The molecule has 0 radical (unpaired) electrons. The molecule has 16 heavy (non-hydrogen) atoms. The van der Waals surface area contributed by atoms with E-state index in [9.17, 15) is 4.79 Å². The van der Waals surface area contributed by atoms with Gasteiger partial charge in [0.1, 0.15) is 5.02 Å². The Morgan fingerprint density at radius 3 is 2.88 bits per heavy atom. The molecule has 0 spiro atoms. The Morgan fingerprint density at radius 1 is 1.62 bits per heavy atom. The minimum atomic E-state index is -0.322. The number of nitrogens with two attached hydrogens (primary N) is 1. The maximum atomic E-state index is 11.3. The fourth-order valence-electron chi connectivity index (χ4n) is 1.47. The number of halogens is 1. The normalized spacial score (nSPS) is 10.8. The molecule has 0 saturated heterocycles. The molecule has 6 heteroatoms. The molecule has 1 heterocycles. The highest BCUT2D eigenvalue weighted by Crippen LogP contribution is 2.18. The van der Waals surface area contributed by atoms with Crippen molar-refractivity contribution >= 4 is 17.4 Å². The van der Waals surface area contributed by atoms with Crippen LogP contribution in [0.4, 0.5) is 5.82 Å². The average Bonchev–Trinajstić information content (AvgIpc) is 2.21. The van der Waals surface area contributed by atoms with Crippen molar-refractivity contribution in [1.29, 1.82) is 0 Å². The van der Waals surface area contributed by atoms with Crippen molar-refractivity contribution < 1.29 is 0 Å². The Hall–Kier alpha value is -1.07. The summed E-state index contributed by atoms with van der Waals surface area (Å²) in [6.45, 7) is 6.08. The van der Waals surface area contributed by atoms with Crippen LogP contribution in [0.25, 0.3) is 0 Å². The lowest BCUT2D eigenvalue weighted by Crippen LogP contribution is -2.34. The van der Waals surface area contributed by atoms with Crippen molar-refractivity contribution in [3.8, 4) is 0 Å². The van der Waals surface area contributed by atoms with Crippen LogP contribution in [-0.2, 0) is 0 Å². The molecule has 0 bridgehead atoms. The Morgan fingerprint density at radius 2 is 2.31 bits per heavy atom. The molecule has 3 N–H and O–H groups in total. The van der Waals surface area contributed by atoms with E-state index in [1.54, 1.807) is 0 Å². The molecule has 1 rings (SSSR count). The van der Waals surface area contributed by atoms with Gasteiger partial charge in [-0.25, -0.2) is 4.98 Å². The van der Waals surface area contributed by atoms with E-state index in [4.69, 9.17) is 17.3 Å². The number of hydrogen-bond acceptors (Lipinski definition) is 4. The van der Waals surface area contributed by atoms with Crippen molar-refractivity contribution in [2.45, 2.75) is 13.8 Å². The lowest BCUT2D eigenvalue weighted by molar-refractivity contribution is 0.606. The second-order valence-electron chi connectivity index (χ2n) is 4.00. The summed E-state index contributed by atoms with van der Waals surface area (Å²) in [4.78, 5) is 19.8. The Balaban J connectivity index is 3.00. The first-order chi connectivity index (χ1) is 7.56. The van der Waals surface area contributed by atoms with Gasteiger partial charge in [0.05, 0.1) is 6.33 Å². The maximum Gasteiger partial charge on any atom is 0.271 e. The highest BCUT2D eigenvalue weighted by molar-refractivity contribution is 6.32. The molecule has 1 aromatic rings. The van der Waals surface area contributed by atoms with E-state index in [2.05, 4.69) is 23.8 Å². The quantitative estimate of drug-likeness (QED) is 0.805. The molecule has 0 aliphatic rings. The van der Waals surface area contributed by atoms with E-state index in [0.717, 1.165) is 6.54 Å². The number of aromatic amines is 1. The van der Waals surface area contributed by atoms with Gasteiger partial charge in [0.15, 0.2) is 5.82 Å². The molecule has 0 unspecified atom stereocenters. The van der Waals surface area contributed by atoms with Crippen LogP contribution in [0.5, 0.6) is 0 Å². The van der Waals surface area contributed by atoms with Crippen LogP contribution in [0.2, 0.25) is 5.02 Å². The van der Waals surface area contributed by atoms with E-state index in [1.165, 1.54) is 6.33 Å². The second-order valence-corrected chi connectivity index (χ2v) is 4.38. The molecule has 5 nitrogen and oxygen atoms in total. The Kier molecular flexibility index (Phi) is 4.76. The monoisotopic (exact) mass is 244 g/mol. The first-order valence-electron chi connectivity index (χ1n) is 5.24. The molecule has 90 valence electrons. The zero-order chi connectivity index (χ0) is 12.1. The predicted octanol–water partition coefficient (Wildman–Crippen LogP) is 0.844. The minimum absolute atomic E-state index is 0.122. The van der Waals surface area contributed by atoms with Crippen LogP contribution in [0.3, 0.4) is 0 Å². The van der Waals surface area contributed by atoms with Crippen LogP contribution in [0.15, 0.2) is 11.1 Å². The molecule has 0 aromatic carbocycles. The smallest absolute Gasteiger partial charge is 0.271 e. The lowest BCUT2D eigenvalue weighted by Gasteiger charge is -2.25. The third kappa shape index (κ3) is 3.21. The summed E-state index contributed by atoms with van der Waals surface area (Å²) in [5.74, 6) is 0.952. The molecule has 1 aromatic heterocycles. The predicted molar refractivity (Wildman–Crippen MR) is 66.0 cm³/mol. The first-order valence-corrected chi connectivity index (χ1v) is 5.62. The third-order valence-corrected chi connectivity index (χ3v) is 2.40. The van der Waals surface area contributed by atoms with Crippen LogP contribution >= 0.6 is 11.6 Å². The van der Waals surface area contributed by atoms with Gasteiger partial charge in [-0.15, -0.1) is 0 Å². The first kappa shape index (κ1) is 13.0. The number of nitrogens with zero attached hydrogens (tertiary/aromatic N) is 2. The van der Waals surface area contributed by atoms with Gasteiger partial charge in [-0.3, -0.25) is 4.79 Å². The highest BCUT2D eigenvalue weighted by atomic mass is 35.5. The molecule has 0 fully saturated rings. The van der Waals surface area contributed by atoms with Gasteiger partial charge in [0, 0.05) is 19.6 Å². The summed E-state index contributed by atoms with van der Waals surface area (Å²) in [6.07, 6.45) is 1.35. The summed E-state index contributed by atoms with van der Waals surface area (Å²) in [5, 5.41) is 0.122. The van der Waals surface area contributed by atoms with Crippen LogP contribution in [0.1, 0.15) is 13.8 Å². The standard InChI is InChI=1S/C10H17ClN4O/c1-7(2)5-15(4-3-12)9-8(11)10(16)14-6-13-9/h6-7H,3-5,12H2,1-2H3,(H,13,14,16). The van der Waals surface area contributed by atoms with Crippen LogP contribution in [0, 0.1) is 5.92 Å². The van der Waals surface area contributed by atoms with Crippen molar-refractivity contribution in [2.24, 2.45) is 11.7 Å². The van der Waals surface area contributed by atoms with Crippen molar-refractivity contribution in [3.05, 3.63) is 21.7 Å². The molecule has 0 aliphatic heterocycles. The maximum absolute atomic E-state index is 11.3. The molecule has 0 saturated carbocycles. The van der Waals surface area contributed by atoms with Crippen molar-refractivity contribution in [2.75, 3.05) is 24.5 Å². The number of hydrogen-bond donors (Lipinski definition) is 2. The number of aromatic nitrogens is 2. The summed E-state index contributed by atoms with van der Waals surface area (Å²) >= 11 is 5.92. The fourth-order valence-corrected chi connectivity index (χ4v) is 1.70. The lowest BCUT2D eigenvalue weighted by atomic mass is 10.2. The Labute approximate surface area is 99.6 Å². The van der Waals surface area contributed by atoms with E-state index in [0.29, 0.717) is 24.8 Å². The third-order valence-electron chi connectivity index (χ3n) is 2.06. The Bertz CT molecular complexity index is 391. The number of anilines is 1. The molecule has 0 amide bonds. The van der Waals surface area contributed by atoms with E-state index < -0.39 is 0 Å². The molecular weight excluding hydrogens is 228 g/mol. The summed E-state index contributed by atoms with van der Waals surface area (Å²) in [6, 6.07) is 0. The van der Waals surface area contributed by atoms with E-state index >= 15 is 0 Å². The van der Waals surface area contributed by atoms with Gasteiger partial charge in [-0.1, -0.05) is 25.4 Å². The van der Waals surface area contributed by atoms with Crippen molar-refractivity contribution in [3.63, 3.8) is 0 Å². The van der Waals surface area contributed by atoms with Crippen molar-refractivity contribution in [1.82, 2.24) is 9.97 Å². The van der Waals surface area contributed by atoms with Gasteiger partial charge < -0.3 is 15.6 Å². The SMILES string of the molecule is CC(C)CN(CCN)c1nc[nH]c(=O)c1Cl. The van der Waals surface area contributed by atoms with Gasteiger partial charge in [0.2, 0.25) is 0 Å². The highest BCUT2D eigenvalue weighted by Gasteiger charge is 2.14. The number of nitrogens with one attached hydrogen (secondary N) is 1. The second kappa shape index (κ2) is 5.86. The largest absolute Gasteiger partial charge is 0.354 e. The average molecular weight is 245 g/mol. The van der Waals surface area contributed by atoms with Gasteiger partial charge in [0.25, 0.3) is 5.56 Å². The summed E-state index contributed by atoms with van der Waals surface area (Å²) in [7, 11) is 0. The molecule has 0 atom stereocenters. The molecule has 0 aliphatic carbocycles. The number of rotatable bonds is 5. The minimum Gasteiger partial charge on any atom is -0.354 e. The van der Waals surface area contributed by atoms with E-state index in [-0.39, 0.29) is 10.6 Å². The summed E-state index contributed by atoms with van der Waals surface area (Å²) in [5.41, 5.74) is 5.21. The van der Waals surface area contributed by atoms with Gasteiger partial charge in [-0.2, -0.15) is 0 Å². The van der Waals surface area contributed by atoms with Gasteiger partial charge >= 0.3 is 0 Å². The zero-order valence-electron chi connectivity index (χ0n) is 9.53. The fraction of sp³-hybridized carbons (Fsp3) is 0.600.